The average molecular weight is 302 g/mol. The van der Waals surface area contributed by atoms with Gasteiger partial charge in [0.1, 0.15) is 17.1 Å². The van der Waals surface area contributed by atoms with Crippen LogP contribution in [0.15, 0.2) is 16.6 Å². The predicted octanol–water partition coefficient (Wildman–Crippen LogP) is 3.14. The Bertz CT molecular complexity index is 386. The van der Waals surface area contributed by atoms with Gasteiger partial charge in [0.05, 0.1) is 11.6 Å². The largest absolute Gasteiger partial charge is 0.496 e. The lowest BCUT2D eigenvalue weighted by Crippen LogP contribution is -2.24. The van der Waals surface area contributed by atoms with E-state index in [-0.39, 0.29) is 5.60 Å². The summed E-state index contributed by atoms with van der Waals surface area (Å²) in [5.41, 5.74) is 6.46. The van der Waals surface area contributed by atoms with Crippen LogP contribution < -0.4 is 15.2 Å². The molecule has 0 aromatic heterocycles. The Morgan fingerprint density at radius 3 is 2.35 bits per heavy atom. The van der Waals surface area contributed by atoms with Gasteiger partial charge in [0.2, 0.25) is 0 Å². The van der Waals surface area contributed by atoms with Crippen molar-refractivity contribution in [2.24, 2.45) is 5.73 Å². The number of halogens is 1. The summed E-state index contributed by atoms with van der Waals surface area (Å²) in [6.45, 7) is 6.66. The summed E-state index contributed by atoms with van der Waals surface area (Å²) >= 11 is 3.46. The smallest absolute Gasteiger partial charge is 0.133 e. The maximum Gasteiger partial charge on any atom is 0.133 e. The van der Waals surface area contributed by atoms with Gasteiger partial charge >= 0.3 is 0 Å². The molecule has 0 heterocycles. The van der Waals surface area contributed by atoms with Crippen molar-refractivity contribution in [3.8, 4) is 11.5 Å². The zero-order chi connectivity index (χ0) is 13.1. The second-order valence-electron chi connectivity index (χ2n) is 4.85. The minimum atomic E-state index is -0.225. The lowest BCUT2D eigenvalue weighted by Gasteiger charge is -2.24. The van der Waals surface area contributed by atoms with Gasteiger partial charge in [-0.25, -0.2) is 0 Å². The van der Waals surface area contributed by atoms with Crippen LogP contribution in [0.2, 0.25) is 0 Å². The molecule has 0 bridgehead atoms. The Morgan fingerprint density at radius 2 is 1.88 bits per heavy atom. The van der Waals surface area contributed by atoms with Crippen molar-refractivity contribution in [1.29, 1.82) is 0 Å². The van der Waals surface area contributed by atoms with Crippen LogP contribution in [0.25, 0.3) is 0 Å². The van der Waals surface area contributed by atoms with E-state index in [1.165, 1.54) is 0 Å². The van der Waals surface area contributed by atoms with Crippen molar-refractivity contribution < 1.29 is 9.47 Å². The molecule has 0 saturated heterocycles. The molecule has 96 valence electrons. The summed E-state index contributed by atoms with van der Waals surface area (Å²) in [6.07, 6.45) is 0.773. The summed E-state index contributed by atoms with van der Waals surface area (Å²) in [4.78, 5) is 0. The number of rotatable bonds is 4. The standard InChI is InChI=1S/C13H20BrNO2/c1-13(2,3)17-11-8-10(14)12(16-4)7-9(11)5-6-15/h7-8H,5-6,15H2,1-4H3. The summed E-state index contributed by atoms with van der Waals surface area (Å²) in [7, 11) is 1.65. The molecular weight excluding hydrogens is 282 g/mol. The van der Waals surface area contributed by atoms with E-state index in [0.717, 1.165) is 28.0 Å². The van der Waals surface area contributed by atoms with E-state index in [9.17, 15) is 0 Å². The van der Waals surface area contributed by atoms with Gasteiger partial charge in [-0.3, -0.25) is 0 Å². The van der Waals surface area contributed by atoms with E-state index in [2.05, 4.69) is 15.9 Å². The first-order chi connectivity index (χ1) is 7.87. The lowest BCUT2D eigenvalue weighted by molar-refractivity contribution is 0.129. The molecule has 1 aromatic rings. The number of methoxy groups -OCH3 is 1. The van der Waals surface area contributed by atoms with E-state index >= 15 is 0 Å². The van der Waals surface area contributed by atoms with Crippen molar-refractivity contribution in [3.63, 3.8) is 0 Å². The normalized spacial score (nSPS) is 11.4. The molecule has 0 amide bonds. The first-order valence-corrected chi connectivity index (χ1v) is 6.42. The number of ether oxygens (including phenoxy) is 2. The summed E-state index contributed by atoms with van der Waals surface area (Å²) < 4.78 is 12.1. The molecule has 1 rings (SSSR count). The predicted molar refractivity (Wildman–Crippen MR) is 73.8 cm³/mol. The van der Waals surface area contributed by atoms with E-state index < -0.39 is 0 Å². The molecule has 0 aliphatic heterocycles. The Hall–Kier alpha value is -0.740. The van der Waals surface area contributed by atoms with Crippen molar-refractivity contribution in [1.82, 2.24) is 0 Å². The fourth-order valence-corrected chi connectivity index (χ4v) is 1.99. The van der Waals surface area contributed by atoms with Gasteiger partial charge in [-0.2, -0.15) is 0 Å². The Morgan fingerprint density at radius 1 is 1.24 bits per heavy atom. The molecule has 0 atom stereocenters. The van der Waals surface area contributed by atoms with Gasteiger partial charge in [-0.05, 0) is 67.4 Å². The molecule has 3 nitrogen and oxygen atoms in total. The fourth-order valence-electron chi connectivity index (χ4n) is 1.51. The quantitative estimate of drug-likeness (QED) is 0.929. The van der Waals surface area contributed by atoms with Gasteiger partial charge in [0.25, 0.3) is 0 Å². The highest BCUT2D eigenvalue weighted by Gasteiger charge is 2.16. The Kier molecular flexibility index (Phi) is 4.83. The zero-order valence-corrected chi connectivity index (χ0v) is 12.4. The van der Waals surface area contributed by atoms with Crippen molar-refractivity contribution in [2.45, 2.75) is 32.8 Å². The minimum Gasteiger partial charge on any atom is -0.496 e. The molecule has 0 aliphatic carbocycles. The highest BCUT2D eigenvalue weighted by Crippen LogP contribution is 2.34. The van der Waals surface area contributed by atoms with E-state index in [1.807, 2.05) is 32.9 Å². The van der Waals surface area contributed by atoms with Gasteiger partial charge in [-0.1, -0.05) is 0 Å². The molecule has 0 saturated carbocycles. The highest BCUT2D eigenvalue weighted by atomic mass is 79.9. The van der Waals surface area contributed by atoms with Crippen LogP contribution in [0.5, 0.6) is 11.5 Å². The fraction of sp³-hybridized carbons (Fsp3) is 0.538. The van der Waals surface area contributed by atoms with Crippen molar-refractivity contribution >= 4 is 15.9 Å². The summed E-state index contributed by atoms with van der Waals surface area (Å²) in [5, 5.41) is 0. The van der Waals surface area contributed by atoms with Gasteiger partial charge in [0, 0.05) is 0 Å². The third-order valence-electron chi connectivity index (χ3n) is 2.16. The number of nitrogens with two attached hydrogens (primary N) is 1. The molecule has 0 radical (unpaired) electrons. The zero-order valence-electron chi connectivity index (χ0n) is 10.8. The van der Waals surface area contributed by atoms with E-state index in [4.69, 9.17) is 15.2 Å². The van der Waals surface area contributed by atoms with E-state index in [0.29, 0.717) is 6.54 Å². The van der Waals surface area contributed by atoms with Gasteiger partial charge in [-0.15, -0.1) is 0 Å². The Labute approximate surface area is 111 Å². The third kappa shape index (κ3) is 4.21. The molecule has 17 heavy (non-hydrogen) atoms. The van der Waals surface area contributed by atoms with Crippen LogP contribution >= 0.6 is 15.9 Å². The molecule has 4 heteroatoms. The SMILES string of the molecule is COc1cc(CCN)c(OC(C)(C)C)cc1Br. The average Bonchev–Trinajstić information content (AvgIpc) is 2.20. The maximum absolute atomic E-state index is 5.92. The molecule has 0 fully saturated rings. The van der Waals surface area contributed by atoms with E-state index in [1.54, 1.807) is 7.11 Å². The maximum atomic E-state index is 5.92. The third-order valence-corrected chi connectivity index (χ3v) is 2.78. The second-order valence-corrected chi connectivity index (χ2v) is 5.70. The highest BCUT2D eigenvalue weighted by molar-refractivity contribution is 9.10. The number of benzene rings is 1. The molecule has 1 aromatic carbocycles. The molecular formula is C13H20BrNO2. The monoisotopic (exact) mass is 301 g/mol. The van der Waals surface area contributed by atoms with Gasteiger partial charge in [0.15, 0.2) is 0 Å². The first kappa shape index (κ1) is 14.3. The molecule has 0 aliphatic rings. The number of hydrogen-bond donors (Lipinski definition) is 1. The van der Waals surface area contributed by atoms with Crippen LogP contribution in [-0.4, -0.2) is 19.3 Å². The minimum absolute atomic E-state index is 0.225. The summed E-state index contributed by atoms with van der Waals surface area (Å²) in [5.74, 6) is 1.66. The van der Waals surface area contributed by atoms with Crippen LogP contribution in [0.3, 0.4) is 0 Å². The van der Waals surface area contributed by atoms with Crippen LogP contribution in [0, 0.1) is 0 Å². The first-order valence-electron chi connectivity index (χ1n) is 5.63. The summed E-state index contributed by atoms with van der Waals surface area (Å²) in [6, 6.07) is 3.91. The van der Waals surface area contributed by atoms with Crippen LogP contribution in [0.4, 0.5) is 0 Å². The van der Waals surface area contributed by atoms with Crippen LogP contribution in [-0.2, 0) is 6.42 Å². The van der Waals surface area contributed by atoms with Gasteiger partial charge < -0.3 is 15.2 Å². The lowest BCUT2D eigenvalue weighted by atomic mass is 10.1. The molecule has 0 spiro atoms. The molecule has 0 unspecified atom stereocenters. The van der Waals surface area contributed by atoms with Crippen LogP contribution in [0.1, 0.15) is 26.3 Å². The second kappa shape index (κ2) is 5.74. The molecule has 2 N–H and O–H groups in total. The Balaban J connectivity index is 3.13. The topological polar surface area (TPSA) is 44.5 Å². The number of hydrogen-bond acceptors (Lipinski definition) is 3. The van der Waals surface area contributed by atoms with Crippen molar-refractivity contribution in [2.75, 3.05) is 13.7 Å². The van der Waals surface area contributed by atoms with Crippen molar-refractivity contribution in [3.05, 3.63) is 22.2 Å².